The highest BCUT2D eigenvalue weighted by molar-refractivity contribution is 6.07. The Balaban J connectivity index is 1.74. The molecule has 11 heteroatoms. The van der Waals surface area contributed by atoms with Crippen LogP contribution in [-0.4, -0.2) is 45.5 Å². The first kappa shape index (κ1) is 18.1. The van der Waals surface area contributed by atoms with Crippen LogP contribution in [0.2, 0.25) is 0 Å². The van der Waals surface area contributed by atoms with Gasteiger partial charge in [-0.15, -0.1) is 0 Å². The van der Waals surface area contributed by atoms with Gasteiger partial charge in [-0.2, -0.15) is 13.2 Å². The van der Waals surface area contributed by atoms with Crippen LogP contribution in [0, 0.1) is 0 Å². The summed E-state index contributed by atoms with van der Waals surface area (Å²) in [5.41, 5.74) is -1.92. The summed E-state index contributed by atoms with van der Waals surface area (Å²) in [7, 11) is 0. The van der Waals surface area contributed by atoms with Gasteiger partial charge in [0.15, 0.2) is 11.5 Å². The number of piperidine rings is 1. The van der Waals surface area contributed by atoms with Gasteiger partial charge < -0.3 is 10.2 Å². The van der Waals surface area contributed by atoms with Crippen molar-refractivity contribution in [1.29, 1.82) is 0 Å². The molecule has 1 unspecified atom stereocenters. The van der Waals surface area contributed by atoms with E-state index in [-0.39, 0.29) is 18.2 Å². The van der Waals surface area contributed by atoms with Gasteiger partial charge in [0.2, 0.25) is 0 Å². The largest absolute Gasteiger partial charge is 0.433 e. The van der Waals surface area contributed by atoms with Crippen molar-refractivity contribution in [3.05, 3.63) is 36.3 Å². The Morgan fingerprint density at radius 1 is 1.21 bits per heavy atom. The lowest BCUT2D eigenvalue weighted by atomic mass is 9.89. The van der Waals surface area contributed by atoms with Crippen LogP contribution in [0.5, 0.6) is 0 Å². The van der Waals surface area contributed by atoms with Crippen molar-refractivity contribution in [2.75, 3.05) is 18.0 Å². The van der Waals surface area contributed by atoms with Gasteiger partial charge >= 0.3 is 12.2 Å². The number of imide groups is 1. The van der Waals surface area contributed by atoms with E-state index < -0.39 is 29.3 Å². The van der Waals surface area contributed by atoms with Gasteiger partial charge in [0.25, 0.3) is 5.91 Å². The average Bonchev–Trinajstić information content (AvgIpc) is 2.94. The number of hydrogen-bond acceptors (Lipinski definition) is 6. The number of nitrogens with zero attached hydrogens (tertiary/aromatic N) is 4. The molecule has 2 aromatic rings. The van der Waals surface area contributed by atoms with Crippen LogP contribution in [-0.2, 0) is 11.0 Å². The van der Waals surface area contributed by atoms with Crippen molar-refractivity contribution in [1.82, 2.24) is 25.6 Å². The average molecular weight is 392 g/mol. The summed E-state index contributed by atoms with van der Waals surface area (Å²) < 4.78 is 40.2. The summed E-state index contributed by atoms with van der Waals surface area (Å²) in [5, 5.41) is 4.78. The predicted octanol–water partition coefficient (Wildman–Crippen LogP) is 1.74. The van der Waals surface area contributed by atoms with Crippen LogP contribution < -0.4 is 15.5 Å². The number of pyridine rings is 1. The van der Waals surface area contributed by atoms with Crippen molar-refractivity contribution >= 4 is 17.8 Å². The number of anilines is 1. The van der Waals surface area contributed by atoms with Gasteiger partial charge in [-0.1, -0.05) is 0 Å². The molecule has 0 radical (unpaired) electrons. The fourth-order valence-electron chi connectivity index (χ4n) is 3.43. The molecule has 28 heavy (non-hydrogen) atoms. The molecule has 2 aromatic heterocycles. The Kier molecular flexibility index (Phi) is 4.16. The minimum absolute atomic E-state index is 0.0192. The monoisotopic (exact) mass is 392 g/mol. The van der Waals surface area contributed by atoms with E-state index in [9.17, 15) is 22.8 Å². The minimum atomic E-state index is -4.67. The molecule has 2 N–H and O–H groups in total. The van der Waals surface area contributed by atoms with Crippen LogP contribution in [0.1, 0.15) is 18.5 Å². The third-order valence-electron chi connectivity index (χ3n) is 4.75. The van der Waals surface area contributed by atoms with E-state index in [0.717, 1.165) is 6.07 Å². The Hall–Kier alpha value is -3.24. The van der Waals surface area contributed by atoms with Gasteiger partial charge in [-0.05, 0) is 25.0 Å². The second-order valence-electron chi connectivity index (χ2n) is 6.69. The first-order valence-electron chi connectivity index (χ1n) is 8.52. The molecule has 1 spiro atoms. The lowest BCUT2D eigenvalue weighted by Crippen LogP contribution is -2.58. The zero-order valence-electron chi connectivity index (χ0n) is 14.5. The van der Waals surface area contributed by atoms with Crippen molar-refractivity contribution in [3.8, 4) is 11.4 Å². The zero-order chi connectivity index (χ0) is 19.9. The summed E-state index contributed by atoms with van der Waals surface area (Å²) in [6.07, 6.45) is -0.897. The summed E-state index contributed by atoms with van der Waals surface area (Å²) in [6, 6.07) is 3.39. The Morgan fingerprint density at radius 2 is 2.04 bits per heavy atom. The Morgan fingerprint density at radius 3 is 2.68 bits per heavy atom. The molecule has 2 aliphatic heterocycles. The van der Waals surface area contributed by atoms with E-state index in [1.165, 1.54) is 12.4 Å². The maximum Gasteiger partial charge on any atom is 0.433 e. The lowest BCUT2D eigenvalue weighted by molar-refractivity contribution is -0.141. The summed E-state index contributed by atoms with van der Waals surface area (Å²) in [6.45, 7) is 0.414. The number of carbonyl (C=O) groups is 2. The molecular weight excluding hydrogens is 377 g/mol. The van der Waals surface area contributed by atoms with E-state index >= 15 is 0 Å². The maximum atomic E-state index is 13.4. The van der Waals surface area contributed by atoms with Gasteiger partial charge in [0.1, 0.15) is 11.4 Å². The number of hydrogen-bond donors (Lipinski definition) is 2. The molecule has 0 saturated carbocycles. The number of carbonyl (C=O) groups excluding carboxylic acids is 2. The number of aromatic nitrogens is 3. The number of amides is 3. The standard InChI is InChI=1S/C17H15F3N6O2/c18-17(19,20)11-7-12(23-13(22-11)10-3-1-5-21-8-10)26-6-2-4-16(9-26)14(27)24-15(28)25-16/h1,3,5,7-8H,2,4,6,9H2,(H2,24,25,27,28). The van der Waals surface area contributed by atoms with E-state index in [1.54, 1.807) is 17.0 Å². The molecule has 0 aromatic carbocycles. The summed E-state index contributed by atoms with van der Waals surface area (Å²) in [4.78, 5) is 37.1. The first-order valence-corrected chi connectivity index (χ1v) is 8.52. The van der Waals surface area contributed by atoms with Crippen LogP contribution in [0.15, 0.2) is 30.6 Å². The number of nitrogens with one attached hydrogen (secondary N) is 2. The third kappa shape index (κ3) is 3.23. The minimum Gasteiger partial charge on any atom is -0.354 e. The Labute approximate surface area is 157 Å². The second-order valence-corrected chi connectivity index (χ2v) is 6.69. The number of rotatable bonds is 2. The van der Waals surface area contributed by atoms with Crippen LogP contribution >= 0.6 is 0 Å². The second kappa shape index (κ2) is 6.43. The zero-order valence-corrected chi connectivity index (χ0v) is 14.5. The quantitative estimate of drug-likeness (QED) is 0.756. The van der Waals surface area contributed by atoms with Gasteiger partial charge in [0, 0.05) is 30.6 Å². The van der Waals surface area contributed by atoms with Crippen molar-refractivity contribution in [2.45, 2.75) is 24.6 Å². The fourth-order valence-corrected chi connectivity index (χ4v) is 3.43. The number of halogens is 3. The molecule has 3 amide bonds. The summed E-state index contributed by atoms with van der Waals surface area (Å²) in [5.74, 6) is -0.563. The van der Waals surface area contributed by atoms with E-state index in [2.05, 4.69) is 25.6 Å². The molecule has 8 nitrogen and oxygen atoms in total. The van der Waals surface area contributed by atoms with Crippen molar-refractivity contribution < 1.29 is 22.8 Å². The SMILES string of the molecule is O=C1NC(=O)C2(CCCN(c3cc(C(F)(F)F)nc(-c4cccnc4)n3)C2)N1. The molecule has 4 heterocycles. The van der Waals surface area contributed by atoms with Crippen molar-refractivity contribution in [3.63, 3.8) is 0 Å². The van der Waals surface area contributed by atoms with Gasteiger partial charge in [-0.3, -0.25) is 15.1 Å². The molecule has 2 aliphatic rings. The molecular formula is C17H15F3N6O2. The highest BCUT2D eigenvalue weighted by Crippen LogP contribution is 2.33. The third-order valence-corrected chi connectivity index (χ3v) is 4.75. The molecule has 1 atom stereocenters. The van der Waals surface area contributed by atoms with Gasteiger partial charge in [0.05, 0.1) is 6.54 Å². The molecule has 4 rings (SSSR count). The molecule has 0 bridgehead atoms. The number of alkyl halides is 3. The van der Waals surface area contributed by atoms with Crippen LogP contribution in [0.3, 0.4) is 0 Å². The smallest absolute Gasteiger partial charge is 0.354 e. The topological polar surface area (TPSA) is 100 Å². The normalized spacial score (nSPS) is 22.3. The Bertz CT molecular complexity index is 936. The van der Waals surface area contributed by atoms with Crippen LogP contribution in [0.4, 0.5) is 23.8 Å². The van der Waals surface area contributed by atoms with Crippen LogP contribution in [0.25, 0.3) is 11.4 Å². The first-order chi connectivity index (χ1) is 13.3. The predicted molar refractivity (Wildman–Crippen MR) is 91.1 cm³/mol. The van der Waals surface area contributed by atoms with Crippen molar-refractivity contribution in [2.24, 2.45) is 0 Å². The van der Waals surface area contributed by atoms with E-state index in [1.807, 2.05) is 0 Å². The van der Waals surface area contributed by atoms with E-state index in [0.29, 0.717) is 24.9 Å². The number of urea groups is 1. The molecule has 2 saturated heterocycles. The van der Waals surface area contributed by atoms with Gasteiger partial charge in [-0.25, -0.2) is 14.8 Å². The highest BCUT2D eigenvalue weighted by atomic mass is 19.4. The summed E-state index contributed by atoms with van der Waals surface area (Å²) >= 11 is 0. The maximum absolute atomic E-state index is 13.4. The van der Waals surface area contributed by atoms with E-state index in [4.69, 9.17) is 0 Å². The molecule has 2 fully saturated rings. The molecule has 146 valence electrons. The fraction of sp³-hybridized carbons (Fsp3) is 0.353. The molecule has 0 aliphatic carbocycles. The highest BCUT2D eigenvalue weighted by Gasteiger charge is 2.49. The lowest BCUT2D eigenvalue weighted by Gasteiger charge is -2.38.